The van der Waals surface area contributed by atoms with E-state index in [-0.39, 0.29) is 0 Å². The third-order valence-corrected chi connectivity index (χ3v) is 3.44. The van der Waals surface area contributed by atoms with Gasteiger partial charge in [0.15, 0.2) is 11.7 Å². The number of aryl methyl sites for hydroxylation is 1. The van der Waals surface area contributed by atoms with Crippen LogP contribution in [-0.4, -0.2) is 54.9 Å². The van der Waals surface area contributed by atoms with Crippen molar-refractivity contribution in [2.24, 2.45) is 12.0 Å². The summed E-state index contributed by atoms with van der Waals surface area (Å²) in [7, 11) is 5.51. The molecule has 0 aliphatic rings. The quantitative estimate of drug-likeness (QED) is 0.514. The van der Waals surface area contributed by atoms with Gasteiger partial charge in [-0.05, 0) is 12.1 Å². The number of hydrogen-bond donors (Lipinski definition) is 2. The molecule has 0 spiro atoms. The maximum atomic E-state index is 5.28. The van der Waals surface area contributed by atoms with Crippen LogP contribution in [0.1, 0.15) is 11.6 Å². The van der Waals surface area contributed by atoms with Gasteiger partial charge in [-0.2, -0.15) is 5.10 Å². The average Bonchev–Trinajstić information content (AvgIpc) is 3.30. The second-order valence-electron chi connectivity index (χ2n) is 5.14. The molecule has 0 aliphatic heterocycles. The Morgan fingerprint density at radius 1 is 1.50 bits per heavy atom. The lowest BCUT2D eigenvalue weighted by molar-refractivity contribution is 0.447. The second-order valence-corrected chi connectivity index (χ2v) is 5.14. The fraction of sp³-hybridized carbons (Fsp3) is 0.357. The van der Waals surface area contributed by atoms with Crippen LogP contribution in [0.4, 0.5) is 0 Å². The number of furan rings is 1. The van der Waals surface area contributed by atoms with Crippen LogP contribution in [0.5, 0.6) is 0 Å². The number of aromatic amines is 1. The first kappa shape index (κ1) is 15.7. The van der Waals surface area contributed by atoms with Crippen molar-refractivity contribution in [1.82, 2.24) is 40.2 Å². The molecule has 0 unspecified atom stereocenters. The summed E-state index contributed by atoms with van der Waals surface area (Å²) in [6.07, 6.45) is 3.12. The van der Waals surface area contributed by atoms with Gasteiger partial charge in [-0.3, -0.25) is 14.8 Å². The van der Waals surface area contributed by atoms with Crippen LogP contribution in [0, 0.1) is 0 Å². The van der Waals surface area contributed by atoms with Gasteiger partial charge >= 0.3 is 0 Å². The first-order valence-electron chi connectivity index (χ1n) is 7.37. The molecule has 0 saturated carbocycles. The lowest BCUT2D eigenvalue weighted by atomic mass is 10.4. The van der Waals surface area contributed by atoms with Crippen LogP contribution in [0.15, 0.2) is 34.1 Å². The van der Waals surface area contributed by atoms with Crippen molar-refractivity contribution in [1.29, 1.82) is 0 Å². The molecule has 0 atom stereocenters. The van der Waals surface area contributed by atoms with Crippen molar-refractivity contribution in [3.63, 3.8) is 0 Å². The number of rotatable bonds is 5. The van der Waals surface area contributed by atoms with Gasteiger partial charge < -0.3 is 14.6 Å². The normalized spacial score (nSPS) is 11.7. The summed E-state index contributed by atoms with van der Waals surface area (Å²) in [6.45, 7) is 1.05. The monoisotopic (exact) mass is 329 g/mol. The van der Waals surface area contributed by atoms with Gasteiger partial charge in [0, 0.05) is 21.1 Å². The van der Waals surface area contributed by atoms with Gasteiger partial charge in [-0.25, -0.2) is 9.97 Å². The molecule has 0 aliphatic carbocycles. The third-order valence-electron chi connectivity index (χ3n) is 3.44. The number of hydrogen-bond acceptors (Lipinski definition) is 6. The van der Waals surface area contributed by atoms with E-state index in [4.69, 9.17) is 4.42 Å². The number of nitrogens with one attached hydrogen (secondary N) is 2. The smallest absolute Gasteiger partial charge is 0.216 e. The zero-order valence-electron chi connectivity index (χ0n) is 13.8. The standard InChI is InChI=1S/C14H19N9O/c1-15-14(22(2)8-12-17-9-18-23(12)3)16-7-11-19-13(21-20-11)10-5-4-6-24-10/h4-6,9H,7-8H2,1-3H3,(H,15,16)(H,19,20,21). The largest absolute Gasteiger partial charge is 0.461 e. The highest BCUT2D eigenvalue weighted by Gasteiger charge is 2.12. The van der Waals surface area contributed by atoms with E-state index in [0.29, 0.717) is 36.5 Å². The molecule has 3 aromatic rings. The summed E-state index contributed by atoms with van der Waals surface area (Å²) in [5.41, 5.74) is 0. The molecular formula is C14H19N9O. The van der Waals surface area contributed by atoms with Crippen LogP contribution < -0.4 is 5.32 Å². The maximum Gasteiger partial charge on any atom is 0.216 e. The van der Waals surface area contributed by atoms with Gasteiger partial charge in [0.1, 0.15) is 18.0 Å². The summed E-state index contributed by atoms with van der Waals surface area (Å²) < 4.78 is 7.01. The highest BCUT2D eigenvalue weighted by molar-refractivity contribution is 5.79. The van der Waals surface area contributed by atoms with E-state index in [1.54, 1.807) is 24.1 Å². The molecule has 2 N–H and O–H groups in total. The molecule has 10 nitrogen and oxygen atoms in total. The summed E-state index contributed by atoms with van der Waals surface area (Å²) in [5, 5.41) is 14.3. The summed E-state index contributed by atoms with van der Waals surface area (Å²) in [4.78, 5) is 14.8. The van der Waals surface area contributed by atoms with Crippen molar-refractivity contribution < 1.29 is 4.42 Å². The molecule has 0 bridgehead atoms. The molecule has 10 heteroatoms. The molecule has 3 heterocycles. The summed E-state index contributed by atoms with van der Waals surface area (Å²) in [6, 6.07) is 3.61. The highest BCUT2D eigenvalue weighted by atomic mass is 16.3. The molecule has 24 heavy (non-hydrogen) atoms. The van der Waals surface area contributed by atoms with Gasteiger partial charge in [0.2, 0.25) is 5.82 Å². The zero-order valence-corrected chi connectivity index (χ0v) is 13.8. The van der Waals surface area contributed by atoms with E-state index in [0.717, 1.165) is 5.82 Å². The van der Waals surface area contributed by atoms with Crippen LogP contribution in [-0.2, 0) is 20.1 Å². The Labute approximate surface area is 138 Å². The van der Waals surface area contributed by atoms with Gasteiger partial charge in [0.05, 0.1) is 19.4 Å². The first-order chi connectivity index (χ1) is 11.7. The molecule has 3 aromatic heterocycles. The van der Waals surface area contributed by atoms with Crippen molar-refractivity contribution >= 4 is 5.96 Å². The molecule has 0 fully saturated rings. The minimum atomic E-state index is 0.462. The van der Waals surface area contributed by atoms with Crippen LogP contribution in [0.2, 0.25) is 0 Å². The molecule has 0 aromatic carbocycles. The Kier molecular flexibility index (Phi) is 4.54. The van der Waals surface area contributed by atoms with E-state index in [1.165, 1.54) is 6.33 Å². The van der Waals surface area contributed by atoms with E-state index in [1.807, 2.05) is 25.1 Å². The lowest BCUT2D eigenvalue weighted by Crippen LogP contribution is -2.38. The highest BCUT2D eigenvalue weighted by Crippen LogP contribution is 2.14. The average molecular weight is 329 g/mol. The Bertz CT molecular complexity index is 802. The zero-order chi connectivity index (χ0) is 16.9. The van der Waals surface area contributed by atoms with Crippen LogP contribution in [0.25, 0.3) is 11.6 Å². The molecule has 126 valence electrons. The van der Waals surface area contributed by atoms with E-state index in [9.17, 15) is 0 Å². The van der Waals surface area contributed by atoms with Gasteiger partial charge in [0.25, 0.3) is 0 Å². The van der Waals surface area contributed by atoms with Crippen LogP contribution in [0.3, 0.4) is 0 Å². The van der Waals surface area contributed by atoms with E-state index in [2.05, 4.69) is 35.6 Å². The van der Waals surface area contributed by atoms with Gasteiger partial charge in [-0.15, -0.1) is 5.10 Å². The third kappa shape index (κ3) is 3.42. The minimum Gasteiger partial charge on any atom is -0.461 e. The van der Waals surface area contributed by atoms with Gasteiger partial charge in [-0.1, -0.05) is 0 Å². The minimum absolute atomic E-state index is 0.462. The predicted molar refractivity (Wildman–Crippen MR) is 86.8 cm³/mol. The fourth-order valence-corrected chi connectivity index (χ4v) is 2.19. The SMILES string of the molecule is CN=C(NCc1nc(-c2ccco2)n[nH]1)N(C)Cc1ncnn1C. The molecule has 0 radical (unpaired) electrons. The van der Waals surface area contributed by atoms with Crippen molar-refractivity contribution in [3.05, 3.63) is 36.4 Å². The Hall–Kier alpha value is -3.17. The number of guanidine groups is 1. The first-order valence-corrected chi connectivity index (χ1v) is 7.37. The Balaban J connectivity index is 1.59. The number of H-pyrrole nitrogens is 1. The molecular weight excluding hydrogens is 310 g/mol. The molecule has 3 rings (SSSR count). The van der Waals surface area contributed by atoms with Crippen molar-refractivity contribution in [2.45, 2.75) is 13.1 Å². The topological polar surface area (TPSA) is 113 Å². The van der Waals surface area contributed by atoms with Crippen LogP contribution >= 0.6 is 0 Å². The predicted octanol–water partition coefficient (Wildman–Crippen LogP) is 0.401. The van der Waals surface area contributed by atoms with Crippen molar-refractivity contribution in [2.75, 3.05) is 14.1 Å². The van der Waals surface area contributed by atoms with E-state index >= 15 is 0 Å². The number of aliphatic imine (C=N–C) groups is 1. The summed E-state index contributed by atoms with van der Waals surface area (Å²) >= 11 is 0. The lowest BCUT2D eigenvalue weighted by Gasteiger charge is -2.20. The maximum absolute atomic E-state index is 5.28. The van der Waals surface area contributed by atoms with E-state index < -0.39 is 0 Å². The fourth-order valence-electron chi connectivity index (χ4n) is 2.19. The number of nitrogens with zero attached hydrogens (tertiary/aromatic N) is 7. The van der Waals surface area contributed by atoms with Crippen molar-refractivity contribution in [3.8, 4) is 11.6 Å². The number of aromatic nitrogens is 6. The summed E-state index contributed by atoms with van der Waals surface area (Å²) in [5.74, 6) is 3.41. The molecule has 0 saturated heterocycles. The molecule has 0 amide bonds. The second kappa shape index (κ2) is 6.94. The Morgan fingerprint density at radius 2 is 2.38 bits per heavy atom. The Morgan fingerprint density at radius 3 is 3.04 bits per heavy atom.